The molecule has 6 heteroatoms. The number of hydrogen-bond donors (Lipinski definition) is 3. The number of phenolic OH excluding ortho intramolecular Hbond substituents is 1. The third kappa shape index (κ3) is 4.94. The van der Waals surface area contributed by atoms with E-state index in [1.165, 1.54) is 32.1 Å². The van der Waals surface area contributed by atoms with Gasteiger partial charge in [-0.05, 0) is 68.0 Å². The molecule has 2 aliphatic rings. The minimum Gasteiger partial charge on any atom is -0.507 e. The van der Waals surface area contributed by atoms with E-state index in [2.05, 4.69) is 16.4 Å². The van der Waals surface area contributed by atoms with Crippen LogP contribution in [0.3, 0.4) is 0 Å². The molecule has 4 N–H and O–H groups in total. The van der Waals surface area contributed by atoms with Crippen LogP contribution in [0.1, 0.15) is 68.4 Å². The number of nitrogen functional groups attached to an aromatic ring is 1. The van der Waals surface area contributed by atoms with Gasteiger partial charge in [0.05, 0.1) is 23.4 Å². The molecule has 0 atom stereocenters. The lowest BCUT2D eigenvalue weighted by Crippen LogP contribution is -2.27. The van der Waals surface area contributed by atoms with Gasteiger partial charge in [-0.3, -0.25) is 0 Å². The van der Waals surface area contributed by atoms with Crippen LogP contribution in [0.5, 0.6) is 11.5 Å². The average molecular weight is 421 g/mol. The van der Waals surface area contributed by atoms with Crippen molar-refractivity contribution in [3.05, 3.63) is 35.4 Å². The number of hydrogen-bond acceptors (Lipinski definition) is 6. The molecule has 0 unspecified atom stereocenters. The Morgan fingerprint density at radius 3 is 2.68 bits per heavy atom. The molecule has 31 heavy (non-hydrogen) atoms. The number of nitrogens with one attached hydrogen (secondary N) is 1. The van der Waals surface area contributed by atoms with Gasteiger partial charge in [-0.25, -0.2) is 4.98 Å². The molecule has 1 aliphatic carbocycles. The minimum atomic E-state index is 0.114. The van der Waals surface area contributed by atoms with Crippen molar-refractivity contribution < 1.29 is 9.84 Å². The zero-order chi connectivity index (χ0) is 21.6. The highest BCUT2D eigenvalue weighted by atomic mass is 16.5. The second kappa shape index (κ2) is 10.0. The van der Waals surface area contributed by atoms with Gasteiger partial charge in [0.2, 0.25) is 0 Å². The molecule has 1 aromatic carbocycles. The summed E-state index contributed by atoms with van der Waals surface area (Å²) in [6, 6.07) is 9.46. The maximum Gasteiger partial charge on any atom is 0.142 e. The Morgan fingerprint density at radius 1 is 1.16 bits per heavy atom. The van der Waals surface area contributed by atoms with Crippen molar-refractivity contribution in [1.29, 1.82) is 5.26 Å². The lowest BCUT2D eigenvalue weighted by molar-refractivity contribution is 0.246. The summed E-state index contributed by atoms with van der Waals surface area (Å²) in [5, 5.41) is 23.7. The third-order valence-electron chi connectivity index (χ3n) is 6.74. The van der Waals surface area contributed by atoms with E-state index in [0.29, 0.717) is 29.2 Å². The quantitative estimate of drug-likeness (QED) is 0.624. The number of ether oxygens (including phenoxy) is 1. The Kier molecular flexibility index (Phi) is 6.93. The summed E-state index contributed by atoms with van der Waals surface area (Å²) in [6.07, 6.45) is 9.46. The fourth-order valence-corrected chi connectivity index (χ4v) is 5.00. The first-order chi connectivity index (χ1) is 15.2. The molecule has 1 aromatic heterocycles. The van der Waals surface area contributed by atoms with E-state index in [1.54, 1.807) is 12.1 Å². The van der Waals surface area contributed by atoms with E-state index in [4.69, 9.17) is 10.5 Å². The molecular weight excluding hydrogens is 388 g/mol. The molecule has 0 amide bonds. The van der Waals surface area contributed by atoms with Crippen molar-refractivity contribution in [2.45, 2.75) is 57.3 Å². The maximum absolute atomic E-state index is 10.7. The molecule has 0 bridgehead atoms. The number of anilines is 1. The van der Waals surface area contributed by atoms with Crippen LogP contribution in [-0.4, -0.2) is 29.8 Å². The fourth-order valence-electron chi connectivity index (χ4n) is 5.00. The van der Waals surface area contributed by atoms with Gasteiger partial charge in [0.25, 0.3) is 0 Å². The first kappa shape index (κ1) is 21.5. The molecule has 1 saturated carbocycles. The summed E-state index contributed by atoms with van der Waals surface area (Å²) in [6.45, 7) is 2.45. The van der Waals surface area contributed by atoms with Crippen molar-refractivity contribution in [1.82, 2.24) is 10.3 Å². The largest absolute Gasteiger partial charge is 0.507 e. The Hall–Kier alpha value is -2.78. The van der Waals surface area contributed by atoms with E-state index in [0.717, 1.165) is 43.8 Å². The number of nitrogens with zero attached hydrogens (tertiary/aromatic N) is 2. The maximum atomic E-state index is 10.7. The SMILES string of the molecule is N#Cc1c(C2CCNCC2)cc(-c2c(O)cccc2OCCC2CCCCC2)nc1N. The molecule has 0 radical (unpaired) electrons. The van der Waals surface area contributed by atoms with E-state index < -0.39 is 0 Å². The molecule has 1 aliphatic heterocycles. The molecule has 4 rings (SSSR count). The Morgan fingerprint density at radius 2 is 1.94 bits per heavy atom. The van der Waals surface area contributed by atoms with Crippen LogP contribution in [-0.2, 0) is 0 Å². The van der Waals surface area contributed by atoms with Gasteiger partial charge in [0.1, 0.15) is 23.4 Å². The van der Waals surface area contributed by atoms with Crippen molar-refractivity contribution in [2.24, 2.45) is 5.92 Å². The number of aromatic nitrogens is 1. The summed E-state index contributed by atoms with van der Waals surface area (Å²) in [5.74, 6) is 1.92. The predicted octanol–water partition coefficient (Wildman–Crippen LogP) is 4.72. The van der Waals surface area contributed by atoms with E-state index in [1.807, 2.05) is 12.1 Å². The van der Waals surface area contributed by atoms with Gasteiger partial charge < -0.3 is 20.9 Å². The fraction of sp³-hybridized carbons (Fsp3) is 0.520. The van der Waals surface area contributed by atoms with E-state index in [9.17, 15) is 10.4 Å². The molecule has 0 spiro atoms. The Balaban J connectivity index is 1.62. The van der Waals surface area contributed by atoms with Gasteiger partial charge in [0.15, 0.2) is 0 Å². The van der Waals surface area contributed by atoms with E-state index in [-0.39, 0.29) is 17.5 Å². The van der Waals surface area contributed by atoms with Gasteiger partial charge in [0, 0.05) is 0 Å². The number of aromatic hydroxyl groups is 1. The molecule has 2 fully saturated rings. The zero-order valence-corrected chi connectivity index (χ0v) is 18.1. The van der Waals surface area contributed by atoms with Gasteiger partial charge in [-0.2, -0.15) is 5.26 Å². The number of nitrogens with two attached hydrogens (primary N) is 1. The summed E-state index contributed by atoms with van der Waals surface area (Å²) in [7, 11) is 0. The third-order valence-corrected chi connectivity index (χ3v) is 6.74. The Labute approximate surface area is 184 Å². The lowest BCUT2D eigenvalue weighted by atomic mass is 9.86. The highest BCUT2D eigenvalue weighted by Gasteiger charge is 2.24. The summed E-state index contributed by atoms with van der Waals surface area (Å²) >= 11 is 0. The van der Waals surface area contributed by atoms with Crippen molar-refractivity contribution in [2.75, 3.05) is 25.4 Å². The molecule has 6 nitrogen and oxygen atoms in total. The van der Waals surface area contributed by atoms with E-state index >= 15 is 0 Å². The van der Waals surface area contributed by atoms with Crippen LogP contribution in [0.4, 0.5) is 5.82 Å². The summed E-state index contributed by atoms with van der Waals surface area (Å²) in [4.78, 5) is 4.49. The Bertz CT molecular complexity index is 941. The van der Waals surface area contributed by atoms with Crippen molar-refractivity contribution >= 4 is 5.82 Å². The highest BCUT2D eigenvalue weighted by molar-refractivity contribution is 5.76. The normalized spacial score (nSPS) is 17.9. The van der Waals surface area contributed by atoms with Gasteiger partial charge in [-0.1, -0.05) is 38.2 Å². The van der Waals surface area contributed by atoms with Gasteiger partial charge in [-0.15, -0.1) is 0 Å². The standard InChI is InChI=1S/C25H32N4O2/c26-16-20-19(18-9-12-28-13-10-18)15-21(29-25(20)27)24-22(30)7-4-8-23(24)31-14-11-17-5-2-1-3-6-17/h4,7-8,15,17-18,28,30H,1-3,5-6,9-14H2,(H2,27,29). The predicted molar refractivity (Wildman–Crippen MR) is 122 cm³/mol. The van der Waals surface area contributed by atoms with Crippen LogP contribution in [0.15, 0.2) is 24.3 Å². The number of nitriles is 1. The number of piperidine rings is 1. The summed E-state index contributed by atoms with van der Waals surface area (Å²) < 4.78 is 6.14. The number of benzene rings is 1. The minimum absolute atomic E-state index is 0.114. The number of phenols is 1. The second-order valence-corrected chi connectivity index (χ2v) is 8.78. The van der Waals surface area contributed by atoms with Gasteiger partial charge >= 0.3 is 0 Å². The van der Waals surface area contributed by atoms with Crippen LogP contribution in [0.2, 0.25) is 0 Å². The first-order valence-electron chi connectivity index (χ1n) is 11.5. The topological polar surface area (TPSA) is 104 Å². The smallest absolute Gasteiger partial charge is 0.142 e. The molecule has 164 valence electrons. The van der Waals surface area contributed by atoms with Crippen LogP contribution in [0.25, 0.3) is 11.3 Å². The van der Waals surface area contributed by atoms with Crippen LogP contribution >= 0.6 is 0 Å². The average Bonchev–Trinajstić information content (AvgIpc) is 2.80. The molecule has 1 saturated heterocycles. The van der Waals surface area contributed by atoms with Crippen molar-refractivity contribution in [3.63, 3.8) is 0 Å². The molecule has 2 aromatic rings. The number of rotatable bonds is 6. The summed E-state index contributed by atoms with van der Waals surface area (Å²) in [5.41, 5.74) is 8.69. The van der Waals surface area contributed by atoms with Crippen LogP contribution < -0.4 is 15.8 Å². The van der Waals surface area contributed by atoms with Crippen LogP contribution in [0, 0.1) is 17.2 Å². The second-order valence-electron chi connectivity index (χ2n) is 8.78. The lowest BCUT2D eigenvalue weighted by Gasteiger charge is -2.25. The first-order valence-corrected chi connectivity index (χ1v) is 11.5. The zero-order valence-electron chi connectivity index (χ0n) is 18.1. The van der Waals surface area contributed by atoms with Crippen molar-refractivity contribution in [3.8, 4) is 28.8 Å². The number of pyridine rings is 1. The molecule has 2 heterocycles. The monoisotopic (exact) mass is 420 g/mol. The highest BCUT2D eigenvalue weighted by Crippen LogP contribution is 2.40. The molecular formula is C25H32N4O2.